The number of aliphatic hydroxyl groups excluding tert-OH is 1. The molecule has 0 bridgehead atoms. The van der Waals surface area contributed by atoms with Crippen molar-refractivity contribution < 1.29 is 9.90 Å². The molecule has 1 heterocycles. The van der Waals surface area contributed by atoms with Crippen LogP contribution in [0.2, 0.25) is 0 Å². The van der Waals surface area contributed by atoms with Gasteiger partial charge < -0.3 is 15.7 Å². The van der Waals surface area contributed by atoms with Gasteiger partial charge in [0.1, 0.15) is 0 Å². The number of nitrogens with zero attached hydrogens (tertiary/aromatic N) is 2. The lowest BCUT2D eigenvalue weighted by Gasteiger charge is -2.29. The van der Waals surface area contributed by atoms with Crippen molar-refractivity contribution in [3.63, 3.8) is 0 Å². The number of hydrogen-bond donors (Lipinski definition) is 3. The van der Waals surface area contributed by atoms with Crippen LogP contribution in [-0.4, -0.2) is 39.1 Å². The van der Waals surface area contributed by atoms with Gasteiger partial charge in [-0.25, -0.2) is 4.79 Å². The van der Waals surface area contributed by atoms with Crippen molar-refractivity contribution in [3.8, 4) is 0 Å². The fourth-order valence-corrected chi connectivity index (χ4v) is 3.18. The highest BCUT2D eigenvalue weighted by Crippen LogP contribution is 2.18. The molecule has 1 aliphatic carbocycles. The van der Waals surface area contributed by atoms with Gasteiger partial charge in [-0.2, -0.15) is 5.10 Å². The number of nitrogens with one attached hydrogen (secondary N) is 2. The molecule has 3 atom stereocenters. The number of hydrogen-bond acceptors (Lipinski definition) is 3. The molecule has 0 spiro atoms. The van der Waals surface area contributed by atoms with Gasteiger partial charge in [0.15, 0.2) is 0 Å². The maximum atomic E-state index is 12.1. The SMILES string of the molecule is Cc1nn(C)c(C)c1C[C@H](C)NC(=O)N[C@H]1CCCC[C@@H]1O. The van der Waals surface area contributed by atoms with E-state index < -0.39 is 6.10 Å². The highest BCUT2D eigenvalue weighted by molar-refractivity contribution is 5.74. The van der Waals surface area contributed by atoms with Crippen LogP contribution in [0.3, 0.4) is 0 Å². The van der Waals surface area contributed by atoms with E-state index in [0.29, 0.717) is 0 Å². The standard InChI is InChI=1S/C16H28N4O2/c1-10(9-13-11(2)19-20(4)12(13)3)17-16(22)18-14-7-5-6-8-15(14)21/h10,14-15,21H,5-9H2,1-4H3,(H2,17,18,22)/t10-,14-,15-/m0/s1. The Labute approximate surface area is 132 Å². The predicted octanol–water partition coefficient (Wildman–Crippen LogP) is 1.57. The van der Waals surface area contributed by atoms with Crippen LogP contribution in [-0.2, 0) is 13.5 Å². The Morgan fingerprint density at radius 2 is 2.09 bits per heavy atom. The summed E-state index contributed by atoms with van der Waals surface area (Å²) in [6.45, 7) is 6.02. The Morgan fingerprint density at radius 1 is 1.41 bits per heavy atom. The van der Waals surface area contributed by atoms with Crippen LogP contribution < -0.4 is 10.6 Å². The fourth-order valence-electron chi connectivity index (χ4n) is 3.18. The Kier molecular flexibility index (Phi) is 5.45. The zero-order chi connectivity index (χ0) is 16.3. The van der Waals surface area contributed by atoms with Gasteiger partial charge in [0.2, 0.25) is 0 Å². The number of carbonyl (C=O) groups excluding carboxylic acids is 1. The number of amides is 2. The summed E-state index contributed by atoms with van der Waals surface area (Å²) in [5.41, 5.74) is 3.33. The second-order valence-corrected chi connectivity index (χ2v) is 6.45. The van der Waals surface area contributed by atoms with E-state index >= 15 is 0 Å². The van der Waals surface area contributed by atoms with E-state index in [1.165, 1.54) is 5.56 Å². The maximum absolute atomic E-state index is 12.1. The molecule has 124 valence electrons. The summed E-state index contributed by atoms with van der Waals surface area (Å²) >= 11 is 0. The van der Waals surface area contributed by atoms with Crippen molar-refractivity contribution >= 4 is 6.03 Å². The zero-order valence-corrected chi connectivity index (χ0v) is 14.0. The smallest absolute Gasteiger partial charge is 0.315 e. The molecule has 0 radical (unpaired) electrons. The molecule has 22 heavy (non-hydrogen) atoms. The van der Waals surface area contributed by atoms with Gasteiger partial charge in [-0.3, -0.25) is 4.68 Å². The van der Waals surface area contributed by atoms with E-state index in [-0.39, 0.29) is 18.1 Å². The molecule has 2 rings (SSSR count). The summed E-state index contributed by atoms with van der Waals surface area (Å²) in [4.78, 5) is 12.1. The minimum absolute atomic E-state index is 0.0160. The highest BCUT2D eigenvalue weighted by Gasteiger charge is 2.25. The summed E-state index contributed by atoms with van der Waals surface area (Å²) in [6, 6.07) is -0.303. The molecule has 0 saturated heterocycles. The van der Waals surface area contributed by atoms with E-state index in [1.807, 2.05) is 32.5 Å². The van der Waals surface area contributed by atoms with Gasteiger partial charge in [-0.1, -0.05) is 12.8 Å². The lowest BCUT2D eigenvalue weighted by molar-refractivity contribution is 0.0941. The van der Waals surface area contributed by atoms with Crippen molar-refractivity contribution in [2.75, 3.05) is 0 Å². The lowest BCUT2D eigenvalue weighted by atomic mass is 9.93. The monoisotopic (exact) mass is 308 g/mol. The summed E-state index contributed by atoms with van der Waals surface area (Å²) in [7, 11) is 1.93. The second-order valence-electron chi connectivity index (χ2n) is 6.45. The summed E-state index contributed by atoms with van der Waals surface area (Å²) in [5, 5.41) is 20.2. The van der Waals surface area contributed by atoms with E-state index in [9.17, 15) is 9.90 Å². The number of aromatic nitrogens is 2. The van der Waals surface area contributed by atoms with Gasteiger partial charge >= 0.3 is 6.03 Å². The third-order valence-corrected chi connectivity index (χ3v) is 4.59. The van der Waals surface area contributed by atoms with Crippen molar-refractivity contribution in [3.05, 3.63) is 17.0 Å². The number of carbonyl (C=O) groups is 1. The third-order valence-electron chi connectivity index (χ3n) is 4.59. The zero-order valence-electron chi connectivity index (χ0n) is 14.0. The van der Waals surface area contributed by atoms with Gasteiger partial charge in [-0.15, -0.1) is 0 Å². The Balaban J connectivity index is 1.86. The first-order valence-electron chi connectivity index (χ1n) is 8.12. The van der Waals surface area contributed by atoms with Gasteiger partial charge in [0.05, 0.1) is 17.8 Å². The average molecular weight is 308 g/mol. The normalized spacial score (nSPS) is 23.1. The minimum atomic E-state index is -0.419. The molecule has 1 aromatic heterocycles. The Bertz CT molecular complexity index is 526. The van der Waals surface area contributed by atoms with Crippen LogP contribution in [0.5, 0.6) is 0 Å². The molecular formula is C16H28N4O2. The molecule has 3 N–H and O–H groups in total. The first kappa shape index (κ1) is 16.8. The molecular weight excluding hydrogens is 280 g/mol. The van der Waals surface area contributed by atoms with Crippen LogP contribution in [0.4, 0.5) is 4.79 Å². The van der Waals surface area contributed by atoms with E-state index in [0.717, 1.165) is 43.5 Å². The number of aryl methyl sites for hydroxylation is 2. The van der Waals surface area contributed by atoms with Gasteiger partial charge in [0.25, 0.3) is 0 Å². The fraction of sp³-hybridized carbons (Fsp3) is 0.750. The quantitative estimate of drug-likeness (QED) is 0.790. The van der Waals surface area contributed by atoms with Crippen LogP contribution in [0.1, 0.15) is 49.6 Å². The van der Waals surface area contributed by atoms with Crippen molar-refractivity contribution in [2.45, 2.75) is 71.1 Å². The molecule has 6 heteroatoms. The van der Waals surface area contributed by atoms with Gasteiger partial charge in [-0.05, 0) is 45.6 Å². The van der Waals surface area contributed by atoms with Crippen molar-refractivity contribution in [2.24, 2.45) is 7.05 Å². The number of urea groups is 1. The molecule has 1 saturated carbocycles. The van der Waals surface area contributed by atoms with E-state index in [1.54, 1.807) is 0 Å². The average Bonchev–Trinajstić information content (AvgIpc) is 2.68. The van der Waals surface area contributed by atoms with Crippen molar-refractivity contribution in [1.29, 1.82) is 0 Å². The summed E-state index contributed by atoms with van der Waals surface area (Å²) in [5.74, 6) is 0. The molecule has 6 nitrogen and oxygen atoms in total. The highest BCUT2D eigenvalue weighted by atomic mass is 16.3. The maximum Gasteiger partial charge on any atom is 0.315 e. The van der Waals surface area contributed by atoms with Crippen LogP contribution in [0, 0.1) is 13.8 Å². The number of aliphatic hydroxyl groups is 1. The van der Waals surface area contributed by atoms with E-state index in [4.69, 9.17) is 0 Å². The van der Waals surface area contributed by atoms with Gasteiger partial charge in [0, 0.05) is 18.8 Å². The van der Waals surface area contributed by atoms with Crippen LogP contribution in [0.25, 0.3) is 0 Å². The minimum Gasteiger partial charge on any atom is -0.391 e. The molecule has 2 amide bonds. The van der Waals surface area contributed by atoms with Crippen molar-refractivity contribution in [1.82, 2.24) is 20.4 Å². The molecule has 0 aliphatic heterocycles. The van der Waals surface area contributed by atoms with Crippen LogP contribution >= 0.6 is 0 Å². The largest absolute Gasteiger partial charge is 0.391 e. The molecule has 1 aromatic rings. The second kappa shape index (κ2) is 7.13. The molecule has 1 fully saturated rings. The molecule has 0 unspecified atom stereocenters. The number of rotatable bonds is 4. The topological polar surface area (TPSA) is 79.2 Å². The molecule has 0 aromatic carbocycles. The first-order chi connectivity index (χ1) is 10.4. The Hall–Kier alpha value is -1.56. The third kappa shape index (κ3) is 4.00. The Morgan fingerprint density at radius 3 is 2.68 bits per heavy atom. The summed E-state index contributed by atoms with van der Waals surface area (Å²) < 4.78 is 1.87. The summed E-state index contributed by atoms with van der Waals surface area (Å²) in [6.07, 6.45) is 4.06. The molecule has 1 aliphatic rings. The predicted molar refractivity (Wildman–Crippen MR) is 85.8 cm³/mol. The first-order valence-corrected chi connectivity index (χ1v) is 8.12. The van der Waals surface area contributed by atoms with Crippen LogP contribution in [0.15, 0.2) is 0 Å². The lowest BCUT2D eigenvalue weighted by Crippen LogP contribution is -2.51. The van der Waals surface area contributed by atoms with E-state index in [2.05, 4.69) is 15.7 Å².